The van der Waals surface area contributed by atoms with Crippen molar-refractivity contribution in [3.05, 3.63) is 143 Å². The van der Waals surface area contributed by atoms with Crippen LogP contribution < -0.4 is 0 Å². The molecule has 4 aromatic carbocycles. The summed E-state index contributed by atoms with van der Waals surface area (Å²) in [5, 5.41) is 1.22. The van der Waals surface area contributed by atoms with E-state index in [1.54, 1.807) is 0 Å². The van der Waals surface area contributed by atoms with E-state index in [2.05, 4.69) is 144 Å². The topological polar surface area (TPSA) is 28.5 Å². The smallest absolute Gasteiger partial charge is 0.223 e. The highest BCUT2D eigenvalue weighted by Gasteiger charge is 2.30. The zero-order valence-electron chi connectivity index (χ0n) is 23.4. The number of hydrogen-bond donors (Lipinski definition) is 0. The molecule has 0 spiro atoms. The number of nitrogens with zero attached hydrogens (tertiary/aromatic N) is 3. The van der Waals surface area contributed by atoms with E-state index in [0.29, 0.717) is 6.42 Å². The summed E-state index contributed by atoms with van der Waals surface area (Å²) >= 11 is 0. The molecule has 0 aliphatic carbocycles. The zero-order chi connectivity index (χ0) is 27.5. The van der Waals surface area contributed by atoms with Crippen molar-refractivity contribution in [2.75, 3.05) is 26.2 Å². The number of aryl methyl sites for hydroxylation is 2. The molecule has 6 rings (SSSR count). The minimum atomic E-state index is 0.0120. The quantitative estimate of drug-likeness (QED) is 0.229. The third-order valence-electron chi connectivity index (χ3n) is 8.39. The fourth-order valence-corrected chi connectivity index (χ4v) is 6.36. The van der Waals surface area contributed by atoms with Gasteiger partial charge in [-0.3, -0.25) is 9.69 Å². The Morgan fingerprint density at radius 2 is 1.32 bits per heavy atom. The number of fused-ring (bicyclic) bond motifs is 1. The third-order valence-corrected chi connectivity index (χ3v) is 8.39. The highest BCUT2D eigenvalue weighted by atomic mass is 16.2. The first-order valence-electron chi connectivity index (χ1n) is 14.3. The molecule has 1 fully saturated rings. The normalized spacial score (nSPS) is 15.0. The van der Waals surface area contributed by atoms with Crippen LogP contribution in [0, 0.1) is 6.92 Å². The molecule has 1 amide bonds. The molecular formula is C36H37N3O. The summed E-state index contributed by atoms with van der Waals surface area (Å²) in [6.07, 6.45) is 2.69. The first-order valence-corrected chi connectivity index (χ1v) is 14.3. The van der Waals surface area contributed by atoms with E-state index in [4.69, 9.17) is 0 Å². The molecule has 202 valence electrons. The van der Waals surface area contributed by atoms with Gasteiger partial charge >= 0.3 is 0 Å². The van der Waals surface area contributed by atoms with Crippen LogP contribution in [0.15, 0.2) is 115 Å². The van der Waals surface area contributed by atoms with Crippen LogP contribution in [-0.4, -0.2) is 46.5 Å². The molecule has 40 heavy (non-hydrogen) atoms. The number of rotatable bonds is 7. The molecule has 0 radical (unpaired) electrons. The number of carbonyl (C=O) groups is 1. The minimum Gasteiger partial charge on any atom is -0.350 e. The van der Waals surface area contributed by atoms with Gasteiger partial charge in [0.1, 0.15) is 0 Å². The fraction of sp³-hybridized carbons (Fsp3) is 0.250. The Balaban J connectivity index is 1.23. The highest BCUT2D eigenvalue weighted by molar-refractivity contribution is 5.86. The van der Waals surface area contributed by atoms with Crippen molar-refractivity contribution in [1.29, 1.82) is 0 Å². The van der Waals surface area contributed by atoms with Gasteiger partial charge in [0.15, 0.2) is 0 Å². The highest BCUT2D eigenvalue weighted by Crippen LogP contribution is 2.36. The maximum absolute atomic E-state index is 13.9. The van der Waals surface area contributed by atoms with Crippen molar-refractivity contribution in [1.82, 2.24) is 14.4 Å². The van der Waals surface area contributed by atoms with Crippen LogP contribution >= 0.6 is 0 Å². The Morgan fingerprint density at radius 1 is 0.725 bits per heavy atom. The van der Waals surface area contributed by atoms with E-state index in [1.165, 1.54) is 38.7 Å². The lowest BCUT2D eigenvalue weighted by atomic mass is 9.87. The van der Waals surface area contributed by atoms with Gasteiger partial charge in [-0.2, -0.15) is 0 Å². The molecule has 2 heterocycles. The molecule has 0 bridgehead atoms. The van der Waals surface area contributed by atoms with Crippen molar-refractivity contribution in [3.8, 4) is 0 Å². The van der Waals surface area contributed by atoms with E-state index < -0.39 is 0 Å². The molecule has 0 N–H and O–H groups in total. The summed E-state index contributed by atoms with van der Waals surface area (Å²) in [4.78, 5) is 18.5. The van der Waals surface area contributed by atoms with Crippen LogP contribution in [0.2, 0.25) is 0 Å². The van der Waals surface area contributed by atoms with E-state index in [9.17, 15) is 4.79 Å². The fourth-order valence-electron chi connectivity index (χ4n) is 6.36. The largest absolute Gasteiger partial charge is 0.350 e. The minimum absolute atomic E-state index is 0.0120. The zero-order valence-corrected chi connectivity index (χ0v) is 23.4. The summed E-state index contributed by atoms with van der Waals surface area (Å²) in [6.45, 7) is 5.31. The number of amides is 1. The molecule has 1 saturated heterocycles. The van der Waals surface area contributed by atoms with Crippen molar-refractivity contribution in [3.63, 3.8) is 0 Å². The van der Waals surface area contributed by atoms with Crippen LogP contribution in [0.25, 0.3) is 10.9 Å². The van der Waals surface area contributed by atoms with Crippen LogP contribution in [0.5, 0.6) is 0 Å². The standard InChI is InChI=1S/C36H37N3O/c1-27-12-11-17-30(24-27)32(33-26-37(2)34-19-10-9-18-31(33)34)25-35(40)38-20-22-39(23-21-38)36(28-13-5-3-6-14-28)29-15-7-4-8-16-29/h3-19,24,26,32,36H,20-23,25H2,1-2H3/t32-/m0/s1. The molecule has 5 aromatic rings. The maximum Gasteiger partial charge on any atom is 0.223 e. The summed E-state index contributed by atoms with van der Waals surface area (Å²) in [6, 6.07) is 38.8. The molecule has 4 heteroatoms. The molecule has 4 nitrogen and oxygen atoms in total. The van der Waals surface area contributed by atoms with Crippen molar-refractivity contribution in [2.45, 2.75) is 25.3 Å². The average molecular weight is 528 g/mol. The predicted octanol–water partition coefficient (Wildman–Crippen LogP) is 6.94. The van der Waals surface area contributed by atoms with E-state index in [1.807, 2.05) is 0 Å². The monoisotopic (exact) mass is 527 g/mol. The second kappa shape index (κ2) is 11.5. The Morgan fingerprint density at radius 3 is 1.98 bits per heavy atom. The third kappa shape index (κ3) is 5.32. The van der Waals surface area contributed by atoms with Crippen LogP contribution in [0.3, 0.4) is 0 Å². The van der Waals surface area contributed by atoms with E-state index in [0.717, 1.165) is 26.2 Å². The van der Waals surface area contributed by atoms with Crippen molar-refractivity contribution in [2.24, 2.45) is 7.05 Å². The van der Waals surface area contributed by atoms with Crippen molar-refractivity contribution >= 4 is 16.8 Å². The number of piperazine rings is 1. The Kier molecular flexibility index (Phi) is 7.52. The Bertz CT molecular complexity index is 1540. The van der Waals surface area contributed by atoms with E-state index in [-0.39, 0.29) is 17.9 Å². The first-order chi connectivity index (χ1) is 19.6. The second-order valence-corrected chi connectivity index (χ2v) is 11.0. The Hall–Kier alpha value is -4.15. The first kappa shape index (κ1) is 26.1. The number of carbonyl (C=O) groups excluding carboxylic acids is 1. The van der Waals surface area contributed by atoms with Crippen LogP contribution in [0.1, 0.15) is 46.2 Å². The summed E-state index contributed by atoms with van der Waals surface area (Å²) < 4.78 is 2.18. The van der Waals surface area contributed by atoms with Gasteiger partial charge in [0, 0.05) is 62.7 Å². The lowest BCUT2D eigenvalue weighted by Gasteiger charge is -2.40. The molecule has 1 aromatic heterocycles. The lowest BCUT2D eigenvalue weighted by Crippen LogP contribution is -2.50. The molecule has 1 aliphatic heterocycles. The molecule has 0 saturated carbocycles. The van der Waals surface area contributed by atoms with Crippen LogP contribution in [0.4, 0.5) is 0 Å². The van der Waals surface area contributed by atoms with Crippen LogP contribution in [-0.2, 0) is 11.8 Å². The van der Waals surface area contributed by atoms with Gasteiger partial charge in [0.25, 0.3) is 0 Å². The van der Waals surface area contributed by atoms with Gasteiger partial charge in [-0.15, -0.1) is 0 Å². The molecule has 1 aliphatic rings. The van der Waals surface area contributed by atoms with Gasteiger partial charge in [0.05, 0.1) is 6.04 Å². The lowest BCUT2D eigenvalue weighted by molar-refractivity contribution is -0.133. The molecular weight excluding hydrogens is 490 g/mol. The second-order valence-electron chi connectivity index (χ2n) is 11.0. The SMILES string of the molecule is Cc1cccc([C@H](CC(=O)N2CCN(C(c3ccccc3)c3ccccc3)CC2)c2cn(C)c3ccccc23)c1. The number of hydrogen-bond acceptors (Lipinski definition) is 2. The van der Waals surface area contributed by atoms with Gasteiger partial charge in [-0.1, -0.05) is 109 Å². The maximum atomic E-state index is 13.9. The predicted molar refractivity (Wildman–Crippen MR) is 163 cm³/mol. The summed E-state index contributed by atoms with van der Waals surface area (Å²) in [5.74, 6) is 0.243. The molecule has 1 atom stereocenters. The summed E-state index contributed by atoms with van der Waals surface area (Å²) in [5.41, 5.74) is 7.44. The molecule has 0 unspecified atom stereocenters. The number of benzene rings is 4. The van der Waals surface area contributed by atoms with Crippen molar-refractivity contribution < 1.29 is 4.79 Å². The number of para-hydroxylation sites is 1. The Labute approximate surface area is 237 Å². The van der Waals surface area contributed by atoms with E-state index >= 15 is 0 Å². The van der Waals surface area contributed by atoms with Gasteiger partial charge < -0.3 is 9.47 Å². The summed E-state index contributed by atoms with van der Waals surface area (Å²) in [7, 11) is 2.09. The van der Waals surface area contributed by atoms with Gasteiger partial charge in [0.2, 0.25) is 5.91 Å². The van der Waals surface area contributed by atoms with Gasteiger partial charge in [-0.05, 0) is 35.2 Å². The number of aromatic nitrogens is 1. The average Bonchev–Trinajstić information content (AvgIpc) is 3.33. The van der Waals surface area contributed by atoms with Gasteiger partial charge in [-0.25, -0.2) is 0 Å².